The highest BCUT2D eigenvalue weighted by Gasteiger charge is 2.37. The van der Waals surface area contributed by atoms with Crippen molar-refractivity contribution in [3.63, 3.8) is 0 Å². The van der Waals surface area contributed by atoms with Crippen molar-refractivity contribution in [2.24, 2.45) is 5.73 Å². The minimum Gasteiger partial charge on any atom is -0.392 e. The van der Waals surface area contributed by atoms with Gasteiger partial charge in [-0.2, -0.15) is 0 Å². The lowest BCUT2D eigenvalue weighted by molar-refractivity contribution is -0.122. The summed E-state index contributed by atoms with van der Waals surface area (Å²) in [5.41, 5.74) is 10.6. The van der Waals surface area contributed by atoms with Crippen LogP contribution in [0.15, 0.2) is 29.8 Å². The molecule has 3 atom stereocenters. The Hall–Kier alpha value is -1.47. The Bertz CT molecular complexity index is 704. The average molecular weight is 368 g/mol. The third-order valence-corrected chi connectivity index (χ3v) is 5.52. The number of aryl methyl sites for hydroxylation is 1. The molecule has 1 aliphatic heterocycles. The number of nitrogens with zero attached hydrogens (tertiary/aromatic N) is 2. The van der Waals surface area contributed by atoms with Gasteiger partial charge in [0.2, 0.25) is 5.91 Å². The van der Waals surface area contributed by atoms with E-state index >= 15 is 0 Å². The monoisotopic (exact) mass is 367 g/mol. The molecule has 7 heteroatoms. The molecule has 5 nitrogen and oxygen atoms in total. The number of carbonyl (C=O) groups is 1. The minimum absolute atomic E-state index is 0. The lowest BCUT2D eigenvalue weighted by atomic mass is 10.0. The molecule has 1 aliphatic rings. The van der Waals surface area contributed by atoms with E-state index in [1.807, 2.05) is 24.3 Å². The summed E-state index contributed by atoms with van der Waals surface area (Å²) in [6.07, 6.45) is -0.0771. The number of benzene rings is 1. The molecular formula is C17H22ClN3O2S. The minimum atomic E-state index is -0.492. The fourth-order valence-corrected chi connectivity index (χ4v) is 4.04. The molecule has 24 heavy (non-hydrogen) atoms. The van der Waals surface area contributed by atoms with E-state index in [2.05, 4.69) is 29.2 Å². The van der Waals surface area contributed by atoms with Gasteiger partial charge in [0.1, 0.15) is 0 Å². The summed E-state index contributed by atoms with van der Waals surface area (Å²) in [6, 6.07) is 7.93. The topological polar surface area (TPSA) is 79.4 Å². The van der Waals surface area contributed by atoms with Gasteiger partial charge in [-0.15, -0.1) is 23.7 Å². The van der Waals surface area contributed by atoms with Gasteiger partial charge in [0, 0.05) is 12.6 Å². The largest absolute Gasteiger partial charge is 0.392 e. The Kier molecular flexibility index (Phi) is 5.98. The van der Waals surface area contributed by atoms with Crippen LogP contribution in [-0.4, -0.2) is 39.6 Å². The van der Waals surface area contributed by atoms with Gasteiger partial charge in [-0.25, -0.2) is 4.98 Å². The molecule has 1 aromatic carbocycles. The molecule has 3 rings (SSSR count). The SMILES string of the molecule is Cc1ncsc1-c1ccc([C@H](C)N2C[C@H](O)C[C@H]2C(N)=O)cc1.Cl. The number of nitrogens with two attached hydrogens (primary N) is 1. The molecular weight excluding hydrogens is 346 g/mol. The zero-order valence-corrected chi connectivity index (χ0v) is 15.3. The van der Waals surface area contributed by atoms with Crippen molar-refractivity contribution in [1.29, 1.82) is 0 Å². The Labute approximate surface area is 151 Å². The van der Waals surface area contributed by atoms with Crippen LogP contribution in [0, 0.1) is 6.92 Å². The molecule has 2 aromatic rings. The predicted octanol–water partition coefficient (Wildman–Crippen LogP) is 2.52. The molecule has 0 spiro atoms. The first-order valence-electron chi connectivity index (χ1n) is 7.71. The molecule has 0 radical (unpaired) electrons. The lowest BCUT2D eigenvalue weighted by Gasteiger charge is -2.29. The third-order valence-electron chi connectivity index (χ3n) is 4.54. The zero-order valence-electron chi connectivity index (χ0n) is 13.7. The van der Waals surface area contributed by atoms with Crippen LogP contribution in [0.1, 0.15) is 30.6 Å². The van der Waals surface area contributed by atoms with E-state index in [1.165, 1.54) is 4.88 Å². The van der Waals surface area contributed by atoms with Gasteiger partial charge in [0.15, 0.2) is 0 Å². The summed E-state index contributed by atoms with van der Waals surface area (Å²) in [5.74, 6) is -0.370. The molecule has 1 saturated heterocycles. The molecule has 3 N–H and O–H groups in total. The summed E-state index contributed by atoms with van der Waals surface area (Å²) < 4.78 is 0. The molecule has 1 aromatic heterocycles. The first kappa shape index (κ1) is 18.9. The number of hydrogen-bond acceptors (Lipinski definition) is 5. The highest BCUT2D eigenvalue weighted by molar-refractivity contribution is 7.13. The summed E-state index contributed by atoms with van der Waals surface area (Å²) in [7, 11) is 0. The molecule has 130 valence electrons. The number of thiazole rings is 1. The van der Waals surface area contributed by atoms with Crippen molar-refractivity contribution in [2.45, 2.75) is 38.5 Å². The summed E-state index contributed by atoms with van der Waals surface area (Å²) in [6.45, 7) is 4.52. The van der Waals surface area contributed by atoms with Gasteiger partial charge in [-0.3, -0.25) is 9.69 Å². The van der Waals surface area contributed by atoms with Crippen LogP contribution >= 0.6 is 23.7 Å². The predicted molar refractivity (Wildman–Crippen MR) is 98.3 cm³/mol. The Morgan fingerprint density at radius 3 is 2.62 bits per heavy atom. The van der Waals surface area contributed by atoms with Gasteiger partial charge in [0.05, 0.1) is 28.2 Å². The number of carbonyl (C=O) groups excluding carboxylic acids is 1. The Morgan fingerprint density at radius 1 is 1.42 bits per heavy atom. The number of rotatable bonds is 4. The second-order valence-corrected chi connectivity index (χ2v) is 6.92. The van der Waals surface area contributed by atoms with Gasteiger partial charge in [-0.1, -0.05) is 24.3 Å². The van der Waals surface area contributed by atoms with E-state index in [0.29, 0.717) is 13.0 Å². The fourth-order valence-electron chi connectivity index (χ4n) is 3.23. The van der Waals surface area contributed by atoms with Crippen molar-refractivity contribution in [1.82, 2.24) is 9.88 Å². The highest BCUT2D eigenvalue weighted by Crippen LogP contribution is 2.32. The van der Waals surface area contributed by atoms with E-state index in [1.54, 1.807) is 11.3 Å². The van der Waals surface area contributed by atoms with Crippen molar-refractivity contribution < 1.29 is 9.90 Å². The van der Waals surface area contributed by atoms with Crippen LogP contribution in [0.5, 0.6) is 0 Å². The molecule has 0 saturated carbocycles. The molecule has 1 amide bonds. The van der Waals surface area contributed by atoms with Crippen molar-refractivity contribution >= 4 is 29.7 Å². The number of amides is 1. The van der Waals surface area contributed by atoms with Crippen LogP contribution in [0.25, 0.3) is 10.4 Å². The van der Waals surface area contributed by atoms with Gasteiger partial charge in [0.25, 0.3) is 0 Å². The van der Waals surface area contributed by atoms with Crippen LogP contribution in [-0.2, 0) is 4.79 Å². The van der Waals surface area contributed by atoms with Crippen molar-refractivity contribution in [3.8, 4) is 10.4 Å². The van der Waals surface area contributed by atoms with Crippen molar-refractivity contribution in [3.05, 3.63) is 41.0 Å². The standard InChI is InChI=1S/C17H21N3O2S.ClH/c1-10-16(23-9-19-10)13-5-3-12(4-6-13)11(2)20-8-14(21)7-15(20)17(18)22;/h3-6,9,11,14-15,21H,7-8H2,1-2H3,(H2,18,22);1H/t11-,14+,15-;/m0./s1. The molecule has 1 fully saturated rings. The number of β-amino-alcohol motifs (C(OH)–C–C–N with tert-alkyl or cyclic N) is 1. The normalized spacial score (nSPS) is 22.1. The van der Waals surface area contributed by atoms with E-state index in [4.69, 9.17) is 5.73 Å². The summed E-state index contributed by atoms with van der Waals surface area (Å²) in [5, 5.41) is 9.86. The van der Waals surface area contributed by atoms with E-state index in [9.17, 15) is 9.90 Å². The number of hydrogen-bond donors (Lipinski definition) is 2. The van der Waals surface area contributed by atoms with Crippen LogP contribution < -0.4 is 5.73 Å². The quantitative estimate of drug-likeness (QED) is 0.870. The molecule has 0 bridgehead atoms. The number of halogens is 1. The highest BCUT2D eigenvalue weighted by atomic mass is 35.5. The van der Waals surface area contributed by atoms with E-state index in [-0.39, 0.29) is 24.4 Å². The lowest BCUT2D eigenvalue weighted by Crippen LogP contribution is -2.41. The maximum atomic E-state index is 11.6. The Morgan fingerprint density at radius 2 is 2.08 bits per heavy atom. The maximum Gasteiger partial charge on any atom is 0.234 e. The maximum absolute atomic E-state index is 11.6. The fraction of sp³-hybridized carbons (Fsp3) is 0.412. The van der Waals surface area contributed by atoms with Crippen LogP contribution in [0.4, 0.5) is 0 Å². The van der Waals surface area contributed by atoms with E-state index < -0.39 is 12.1 Å². The number of aliphatic hydroxyl groups is 1. The smallest absolute Gasteiger partial charge is 0.234 e. The zero-order chi connectivity index (χ0) is 16.6. The van der Waals surface area contributed by atoms with Crippen LogP contribution in [0.2, 0.25) is 0 Å². The molecule has 0 aliphatic carbocycles. The number of primary amides is 1. The van der Waals surface area contributed by atoms with Crippen LogP contribution in [0.3, 0.4) is 0 Å². The number of aliphatic hydroxyl groups excluding tert-OH is 1. The Balaban J connectivity index is 0.00000208. The van der Waals surface area contributed by atoms with Gasteiger partial charge >= 0.3 is 0 Å². The third kappa shape index (κ3) is 3.62. The average Bonchev–Trinajstić information content (AvgIpc) is 3.12. The van der Waals surface area contributed by atoms with Crippen molar-refractivity contribution in [2.75, 3.05) is 6.54 Å². The summed E-state index contributed by atoms with van der Waals surface area (Å²) in [4.78, 5) is 19.0. The second kappa shape index (κ2) is 7.61. The first-order valence-corrected chi connectivity index (χ1v) is 8.59. The van der Waals surface area contributed by atoms with Gasteiger partial charge in [-0.05, 0) is 31.4 Å². The second-order valence-electron chi connectivity index (χ2n) is 6.07. The van der Waals surface area contributed by atoms with E-state index in [0.717, 1.165) is 16.8 Å². The van der Waals surface area contributed by atoms with Gasteiger partial charge < -0.3 is 10.8 Å². The molecule has 0 unspecified atom stereocenters. The number of aromatic nitrogens is 1. The number of likely N-dealkylation sites (tertiary alicyclic amines) is 1. The molecule has 2 heterocycles. The summed E-state index contributed by atoms with van der Waals surface area (Å²) >= 11 is 1.63. The first-order chi connectivity index (χ1) is 11.0.